The minimum atomic E-state index is -3.18. The van der Waals surface area contributed by atoms with Crippen LogP contribution in [-0.2, 0) is 57.0 Å². The maximum atomic E-state index is 14.4. The van der Waals surface area contributed by atoms with E-state index in [1.54, 1.807) is 0 Å². The number of amides is 2. The van der Waals surface area contributed by atoms with E-state index in [4.69, 9.17) is 47.4 Å². The molecule has 4 fully saturated rings. The molecule has 4 heterocycles. The summed E-state index contributed by atoms with van der Waals surface area (Å²) in [6.45, 7) is -0.915. The molecule has 0 bridgehead atoms. The Labute approximate surface area is 447 Å². The molecule has 4 aliphatic heterocycles. The zero-order chi connectivity index (χ0) is 57.8. The van der Waals surface area contributed by atoms with Crippen LogP contribution in [0.2, 0.25) is 0 Å². The Kier molecular flexibility index (Phi) is 24.4. The van der Waals surface area contributed by atoms with Crippen molar-refractivity contribution >= 4 is 23.8 Å². The van der Waals surface area contributed by atoms with Gasteiger partial charge in [-0.05, 0) is 31.9 Å². The van der Waals surface area contributed by atoms with Gasteiger partial charge < -0.3 is 129 Å². The highest BCUT2D eigenvalue weighted by Gasteiger charge is 2.61. The number of carbonyl (C=O) groups is 4. The first-order chi connectivity index (χ1) is 37.0. The lowest BCUT2D eigenvalue weighted by Gasteiger charge is -2.51. The van der Waals surface area contributed by atoms with Crippen LogP contribution < -0.4 is 20.1 Å². The molecule has 1 aromatic rings. The van der Waals surface area contributed by atoms with E-state index >= 15 is 0 Å². The topological polar surface area (TPSA) is 457 Å². The number of nitrogens with one attached hydrogen (secondary N) is 2. The zero-order valence-corrected chi connectivity index (χ0v) is 43.6. The van der Waals surface area contributed by atoms with Crippen LogP contribution in [0, 0.1) is 0 Å². The fraction of sp³-hybridized carbons (Fsp3) is 0.792. The average molecular weight is 1130 g/mol. The number of esters is 1. The van der Waals surface area contributed by atoms with Gasteiger partial charge in [-0.2, -0.15) is 0 Å². The molecule has 2 amide bonds. The summed E-state index contributed by atoms with van der Waals surface area (Å²) in [6.07, 6.45) is -32.0. The number of carboxylic acid groups (broad SMARTS) is 1. The summed E-state index contributed by atoms with van der Waals surface area (Å²) in [4.78, 5) is 51.3. The number of unbranched alkanes of at least 4 members (excludes halogenated alkanes) is 5. The number of rotatable bonds is 27. The second-order valence-electron chi connectivity index (χ2n) is 19.3. The molecular formula is C48H76N2O28. The first-order valence-electron chi connectivity index (χ1n) is 25.4. The number of carbonyl (C=O) groups excluding carboxylic acids is 3. The second kappa shape index (κ2) is 29.5. The molecule has 1 aromatic carbocycles. The van der Waals surface area contributed by atoms with Crippen molar-refractivity contribution in [2.45, 2.75) is 194 Å². The predicted octanol–water partition coefficient (Wildman–Crippen LogP) is -5.28. The molecule has 5 rings (SSSR count). The van der Waals surface area contributed by atoms with Crippen molar-refractivity contribution in [2.24, 2.45) is 0 Å². The number of carboxylic acids is 1. The largest absolute Gasteiger partial charge is 0.502 e. The molecule has 30 heteroatoms. The van der Waals surface area contributed by atoms with Crippen LogP contribution in [0.4, 0.5) is 0 Å². The van der Waals surface area contributed by atoms with E-state index in [9.17, 15) is 85.6 Å². The Morgan fingerprint density at radius 1 is 0.718 bits per heavy atom. The van der Waals surface area contributed by atoms with E-state index in [-0.39, 0.29) is 36.1 Å². The van der Waals surface area contributed by atoms with Crippen molar-refractivity contribution in [1.29, 1.82) is 0 Å². The molecule has 15 N–H and O–H groups in total. The lowest BCUT2D eigenvalue weighted by Crippen LogP contribution is -2.71. The molecule has 4 aliphatic rings. The van der Waals surface area contributed by atoms with E-state index in [0.29, 0.717) is 19.3 Å². The molecule has 30 nitrogen and oxygen atoms in total. The van der Waals surface area contributed by atoms with Gasteiger partial charge in [0.1, 0.15) is 85.4 Å². The molecule has 0 aromatic heterocycles. The molecule has 78 heavy (non-hydrogen) atoms. The van der Waals surface area contributed by atoms with Gasteiger partial charge in [0.25, 0.3) is 11.7 Å². The van der Waals surface area contributed by atoms with E-state index < -0.39 is 178 Å². The molecule has 0 saturated carbocycles. The third-order valence-corrected chi connectivity index (χ3v) is 13.9. The summed E-state index contributed by atoms with van der Waals surface area (Å²) < 4.78 is 63.5. The summed E-state index contributed by atoms with van der Waals surface area (Å²) in [5, 5.41) is 146. The molecule has 0 radical (unpaired) electrons. The summed E-state index contributed by atoms with van der Waals surface area (Å²) in [5.41, 5.74) is -0.202. The van der Waals surface area contributed by atoms with Crippen LogP contribution in [0.15, 0.2) is 12.1 Å². The van der Waals surface area contributed by atoms with Crippen LogP contribution >= 0.6 is 0 Å². The number of methoxy groups -OCH3 is 3. The summed E-state index contributed by atoms with van der Waals surface area (Å²) in [7, 11) is 3.72. The van der Waals surface area contributed by atoms with Gasteiger partial charge in [-0.3, -0.25) is 14.4 Å². The van der Waals surface area contributed by atoms with Gasteiger partial charge in [0.05, 0.1) is 59.4 Å². The fourth-order valence-corrected chi connectivity index (χ4v) is 9.52. The maximum absolute atomic E-state index is 14.4. The van der Waals surface area contributed by atoms with Crippen molar-refractivity contribution in [3.8, 4) is 17.2 Å². The molecule has 4 saturated heterocycles. The number of benzene rings is 1. The van der Waals surface area contributed by atoms with Crippen LogP contribution in [0.5, 0.6) is 17.2 Å². The zero-order valence-electron chi connectivity index (χ0n) is 43.6. The summed E-state index contributed by atoms with van der Waals surface area (Å²) in [6, 6.07) is -1.02. The van der Waals surface area contributed by atoms with Crippen molar-refractivity contribution in [3.05, 3.63) is 17.7 Å². The highest BCUT2D eigenvalue weighted by atomic mass is 16.8. The Morgan fingerprint density at radius 3 is 1.88 bits per heavy atom. The first kappa shape index (κ1) is 64.6. The number of aliphatic hydroxyl groups excluding tert-OH is 11. The minimum absolute atomic E-state index is 0.0645. The fourth-order valence-electron chi connectivity index (χ4n) is 9.52. The summed E-state index contributed by atoms with van der Waals surface area (Å²) >= 11 is 0. The molecule has 14 unspecified atom stereocenters. The highest BCUT2D eigenvalue weighted by Crippen LogP contribution is 2.41. The Morgan fingerprint density at radius 2 is 1.31 bits per heavy atom. The van der Waals surface area contributed by atoms with Crippen LogP contribution in [0.1, 0.15) is 75.6 Å². The SMILES string of the molecule is COC(=O)CCCCCCCCO[C@@H]1OC(CO)[C@@H](OC2OC(CO)[C@H](O)C(O[C@]3(C(=O)O)CC(O)[C@@H](NC(C)=O)C(C(O)C(O)CO)O3)C2O)C(O[C@@H]2OC(C)[C@@H](O)C(O)C2O)C1NC(=O)c1cc(OC)c(O)c(OC)c1. The second-order valence-corrected chi connectivity index (χ2v) is 19.3. The first-order valence-corrected chi connectivity index (χ1v) is 25.4. The quantitative estimate of drug-likeness (QED) is 0.0289. The van der Waals surface area contributed by atoms with Gasteiger partial charge in [-0.1, -0.05) is 25.7 Å². The predicted molar refractivity (Wildman–Crippen MR) is 256 cm³/mol. The van der Waals surface area contributed by atoms with Crippen molar-refractivity contribution in [2.75, 3.05) is 47.8 Å². The van der Waals surface area contributed by atoms with E-state index in [2.05, 4.69) is 15.4 Å². The Balaban J connectivity index is 1.55. The normalized spacial score (nSPS) is 35.9. The molecule has 446 valence electrons. The smallest absolute Gasteiger partial charge is 0.364 e. The number of phenolic OH excluding ortho intramolecular Hbond substituents is 1. The standard InChI is InChI=1S/C48H76N2O28/c1-20-32(58)36(62)37(63)45(72-20)76-41-31(50-43(65)22-14-25(68-3)34(60)26(15-22)69-4)44(71-13-11-9-7-6-8-10-12-29(57)70-5)74-28(19-53)39(41)75-46-38(64)42(35(61)27(18-52)73-46)78-48(47(66)67)16-23(55)30(49-21(2)54)40(77-48)33(59)24(56)17-51/h14-15,20,23-24,27-28,30-33,35-42,44-46,51-53,55-56,58-64H,6-13,16-19H2,1-5H3,(H,49,54)(H,50,65)(H,66,67)/t20?,23?,24?,27?,28?,30-,31?,32-,33?,35+,36?,37?,38?,39-,40?,41?,42?,44-,45+,46?,48+/m1/s1. The number of hydrogen-bond donors (Lipinski definition) is 15. The van der Waals surface area contributed by atoms with E-state index in [0.717, 1.165) is 38.3 Å². The minimum Gasteiger partial charge on any atom is -0.502 e. The number of aliphatic carboxylic acids is 1. The van der Waals surface area contributed by atoms with Crippen LogP contribution in [-0.4, -0.2) is 266 Å². The Bertz CT molecular complexity index is 2070. The van der Waals surface area contributed by atoms with Crippen LogP contribution in [0.25, 0.3) is 0 Å². The average Bonchev–Trinajstić information content (AvgIpc) is 3.54. The van der Waals surface area contributed by atoms with Crippen LogP contribution in [0.3, 0.4) is 0 Å². The molecule has 0 spiro atoms. The van der Waals surface area contributed by atoms with Gasteiger partial charge >= 0.3 is 11.9 Å². The lowest BCUT2D eigenvalue weighted by atomic mass is 9.88. The Hall–Kier alpha value is -4.26. The van der Waals surface area contributed by atoms with Gasteiger partial charge in [0, 0.05) is 31.9 Å². The third-order valence-electron chi connectivity index (χ3n) is 13.9. The summed E-state index contributed by atoms with van der Waals surface area (Å²) in [5.74, 6) is -8.18. The lowest BCUT2D eigenvalue weighted by molar-refractivity contribution is -0.391. The highest BCUT2D eigenvalue weighted by molar-refractivity contribution is 5.96. The van der Waals surface area contributed by atoms with Gasteiger partial charge in [-0.25, -0.2) is 4.79 Å². The van der Waals surface area contributed by atoms with Gasteiger partial charge in [0.2, 0.25) is 11.7 Å². The van der Waals surface area contributed by atoms with Crippen molar-refractivity contribution < 1.29 is 138 Å². The molecule has 21 atom stereocenters. The number of hydrogen-bond acceptors (Lipinski definition) is 27. The van der Waals surface area contributed by atoms with Gasteiger partial charge in [-0.15, -0.1) is 0 Å². The number of aromatic hydroxyl groups is 1. The monoisotopic (exact) mass is 1130 g/mol. The third kappa shape index (κ3) is 15.4. The molecule has 0 aliphatic carbocycles. The van der Waals surface area contributed by atoms with Crippen molar-refractivity contribution in [1.82, 2.24) is 10.6 Å². The number of ether oxygens (including phenoxy) is 11. The number of phenols is 1. The van der Waals surface area contributed by atoms with Crippen molar-refractivity contribution in [3.63, 3.8) is 0 Å². The maximum Gasteiger partial charge on any atom is 0.364 e. The van der Waals surface area contributed by atoms with Gasteiger partial charge in [0.15, 0.2) is 30.4 Å². The number of aliphatic hydroxyl groups is 11. The van der Waals surface area contributed by atoms with E-state index in [1.807, 2.05) is 0 Å². The van der Waals surface area contributed by atoms with E-state index in [1.165, 1.54) is 28.3 Å². The molecular weight excluding hydrogens is 1050 g/mol.